The van der Waals surface area contributed by atoms with Crippen LogP contribution in [0.3, 0.4) is 0 Å². The molecular weight excluding hydrogens is 414 g/mol. The van der Waals surface area contributed by atoms with Gasteiger partial charge in [0.2, 0.25) is 5.91 Å². The van der Waals surface area contributed by atoms with Gasteiger partial charge in [-0.3, -0.25) is 14.6 Å². The summed E-state index contributed by atoms with van der Waals surface area (Å²) in [5, 5.41) is 5.35. The Balaban J connectivity index is 0.00000149. The van der Waals surface area contributed by atoms with Gasteiger partial charge in [0.25, 0.3) is 5.91 Å². The van der Waals surface area contributed by atoms with Crippen molar-refractivity contribution in [3.05, 3.63) is 47.2 Å². The second-order valence-electron chi connectivity index (χ2n) is 8.91. The summed E-state index contributed by atoms with van der Waals surface area (Å²) in [6.45, 7) is 12.1. The van der Waals surface area contributed by atoms with Crippen LogP contribution in [0.25, 0.3) is 0 Å². The lowest BCUT2D eigenvalue weighted by Gasteiger charge is -2.42. The predicted molar refractivity (Wildman–Crippen MR) is 132 cm³/mol. The van der Waals surface area contributed by atoms with Gasteiger partial charge in [-0.2, -0.15) is 0 Å². The first-order valence-electron chi connectivity index (χ1n) is 12.7. The topological polar surface area (TPSA) is 67.9 Å². The first-order chi connectivity index (χ1) is 16.1. The molecule has 0 saturated carbocycles. The van der Waals surface area contributed by atoms with Crippen LogP contribution in [0.2, 0.25) is 0 Å². The summed E-state index contributed by atoms with van der Waals surface area (Å²) in [4.78, 5) is 29.8. The van der Waals surface area contributed by atoms with E-state index in [1.807, 2.05) is 24.8 Å². The number of piperazine rings is 2. The van der Waals surface area contributed by atoms with E-state index in [0.717, 1.165) is 31.5 Å². The number of benzene rings is 1. The smallest absolute Gasteiger partial charge is 0.271 e. The Labute approximate surface area is 199 Å². The Hall–Kier alpha value is -2.38. The molecule has 0 spiro atoms. The van der Waals surface area contributed by atoms with Crippen LogP contribution in [0.4, 0.5) is 0 Å². The second-order valence-corrected chi connectivity index (χ2v) is 8.91. The number of aryl methyl sites for hydroxylation is 1. The fourth-order valence-electron chi connectivity index (χ4n) is 4.66. The van der Waals surface area contributed by atoms with Gasteiger partial charge in [0.15, 0.2) is 0 Å². The average molecular weight is 456 g/mol. The molecule has 2 amide bonds. The van der Waals surface area contributed by atoms with Gasteiger partial charge in [-0.1, -0.05) is 69.9 Å². The molecule has 0 radical (unpaired) electrons. The van der Waals surface area contributed by atoms with Gasteiger partial charge in [0.05, 0.1) is 12.1 Å². The fourth-order valence-corrected chi connectivity index (χ4v) is 4.66. The Bertz CT molecular complexity index is 816. The molecule has 7 heteroatoms. The van der Waals surface area contributed by atoms with Crippen molar-refractivity contribution in [3.63, 3.8) is 0 Å². The molecule has 2 atom stereocenters. The van der Waals surface area contributed by atoms with Crippen LogP contribution in [-0.4, -0.2) is 71.9 Å². The Kier molecular flexibility index (Phi) is 9.32. The molecule has 3 aliphatic heterocycles. The first-order valence-corrected chi connectivity index (χ1v) is 12.7. The van der Waals surface area contributed by atoms with Crippen molar-refractivity contribution >= 4 is 11.8 Å². The molecule has 4 rings (SSSR count). The zero-order valence-electron chi connectivity index (χ0n) is 20.8. The normalized spacial score (nSPS) is 22.5. The zero-order valence-corrected chi connectivity index (χ0v) is 20.8. The summed E-state index contributed by atoms with van der Waals surface area (Å²) < 4.78 is 0. The van der Waals surface area contributed by atoms with E-state index in [2.05, 4.69) is 53.9 Å². The van der Waals surface area contributed by atoms with E-state index < -0.39 is 0 Å². The lowest BCUT2D eigenvalue weighted by Crippen LogP contribution is -2.59. The van der Waals surface area contributed by atoms with Gasteiger partial charge < -0.3 is 15.1 Å². The number of hydrogen-bond acceptors (Lipinski definition) is 5. The van der Waals surface area contributed by atoms with Crippen molar-refractivity contribution in [1.82, 2.24) is 25.6 Å². The number of nitrogens with one attached hydrogen (secondary N) is 2. The minimum Gasteiger partial charge on any atom is -0.339 e. The average Bonchev–Trinajstić information content (AvgIpc) is 3.30. The van der Waals surface area contributed by atoms with Gasteiger partial charge in [0.1, 0.15) is 12.2 Å². The minimum atomic E-state index is -0.0441. The number of rotatable bonds is 7. The van der Waals surface area contributed by atoms with Crippen LogP contribution in [0, 0.1) is 6.92 Å². The highest BCUT2D eigenvalue weighted by Gasteiger charge is 2.41. The Morgan fingerprint density at radius 3 is 2.45 bits per heavy atom. The molecular formula is C26H41N5O2. The minimum absolute atomic E-state index is 0.0166. The third-order valence-corrected chi connectivity index (χ3v) is 6.54. The van der Waals surface area contributed by atoms with Crippen LogP contribution in [0.1, 0.15) is 63.6 Å². The summed E-state index contributed by atoms with van der Waals surface area (Å²) in [5.41, 5.74) is 6.62. The largest absolute Gasteiger partial charge is 0.339 e. The number of carbonyl (C=O) groups excluding carboxylic acids is 2. The van der Waals surface area contributed by atoms with Gasteiger partial charge in [-0.25, -0.2) is 5.43 Å². The van der Waals surface area contributed by atoms with Crippen LogP contribution < -0.4 is 10.7 Å². The van der Waals surface area contributed by atoms with E-state index in [1.165, 1.54) is 18.4 Å². The molecule has 2 N–H and O–H groups in total. The third kappa shape index (κ3) is 6.15. The maximum atomic E-state index is 13.3. The van der Waals surface area contributed by atoms with Crippen LogP contribution in [0.15, 0.2) is 36.0 Å². The quantitative estimate of drug-likeness (QED) is 0.619. The molecule has 1 aromatic rings. The molecule has 1 aromatic carbocycles. The third-order valence-electron chi connectivity index (χ3n) is 6.54. The van der Waals surface area contributed by atoms with Crippen molar-refractivity contribution in [3.8, 4) is 0 Å². The van der Waals surface area contributed by atoms with Crippen molar-refractivity contribution < 1.29 is 9.59 Å². The van der Waals surface area contributed by atoms with Gasteiger partial charge >= 0.3 is 0 Å². The highest BCUT2D eigenvalue weighted by atomic mass is 16.2. The molecule has 2 fully saturated rings. The Morgan fingerprint density at radius 2 is 1.79 bits per heavy atom. The van der Waals surface area contributed by atoms with Crippen molar-refractivity contribution in [2.45, 2.75) is 65.5 Å². The molecule has 2 unspecified atom stereocenters. The molecule has 3 aliphatic rings. The first kappa shape index (κ1) is 25.2. The van der Waals surface area contributed by atoms with Crippen molar-refractivity contribution in [1.29, 1.82) is 0 Å². The molecule has 0 aliphatic carbocycles. The molecule has 3 heterocycles. The predicted octanol–water partition coefficient (Wildman–Crippen LogP) is 2.99. The fraction of sp³-hybridized carbons (Fsp3) is 0.615. The lowest BCUT2D eigenvalue weighted by molar-refractivity contribution is -0.143. The number of fused-ring (bicyclic) bond motifs is 1. The van der Waals surface area contributed by atoms with E-state index in [1.54, 1.807) is 4.90 Å². The Morgan fingerprint density at radius 1 is 1.09 bits per heavy atom. The van der Waals surface area contributed by atoms with Crippen LogP contribution in [-0.2, 0) is 9.59 Å². The van der Waals surface area contributed by atoms with Gasteiger partial charge in [0, 0.05) is 32.7 Å². The highest BCUT2D eigenvalue weighted by Crippen LogP contribution is 2.32. The van der Waals surface area contributed by atoms with E-state index in [0.29, 0.717) is 25.3 Å². The molecule has 7 nitrogen and oxygen atoms in total. The van der Waals surface area contributed by atoms with Gasteiger partial charge in [-0.05, 0) is 25.0 Å². The summed E-state index contributed by atoms with van der Waals surface area (Å²) in [5.74, 6) is 0.00888. The lowest BCUT2D eigenvalue weighted by atomic mass is 10.0. The summed E-state index contributed by atoms with van der Waals surface area (Å²) in [7, 11) is 0. The molecule has 0 aromatic heterocycles. The summed E-state index contributed by atoms with van der Waals surface area (Å²) >= 11 is 0. The zero-order chi connectivity index (χ0) is 23.8. The van der Waals surface area contributed by atoms with E-state index >= 15 is 0 Å². The van der Waals surface area contributed by atoms with Crippen molar-refractivity contribution in [2.24, 2.45) is 0 Å². The molecule has 33 heavy (non-hydrogen) atoms. The van der Waals surface area contributed by atoms with Crippen LogP contribution in [0.5, 0.6) is 0 Å². The number of amides is 2. The maximum absolute atomic E-state index is 13.3. The maximum Gasteiger partial charge on any atom is 0.271 e. The highest BCUT2D eigenvalue weighted by molar-refractivity contribution is 5.96. The summed E-state index contributed by atoms with van der Waals surface area (Å²) in [6.07, 6.45) is 6.50. The van der Waals surface area contributed by atoms with Crippen LogP contribution >= 0.6 is 0 Å². The molecule has 182 valence electrons. The number of nitrogens with zero attached hydrogens (tertiary/aromatic N) is 3. The number of unbranched alkanes of at least 4 members (excludes halogenated alkanes) is 2. The molecule has 2 saturated heterocycles. The second kappa shape index (κ2) is 12.2. The SMILES string of the molecule is CC.CCCCCC1CN(CC(=O)N2CCNCC2)C(=O)C2=CC(c3ccc(C)cc3)NN21. The van der Waals surface area contributed by atoms with Crippen molar-refractivity contribution in [2.75, 3.05) is 39.3 Å². The molecule has 0 bridgehead atoms. The monoisotopic (exact) mass is 455 g/mol. The van der Waals surface area contributed by atoms with E-state index in [9.17, 15) is 9.59 Å². The van der Waals surface area contributed by atoms with Gasteiger partial charge in [-0.15, -0.1) is 0 Å². The number of hydrazine groups is 1. The number of hydrogen-bond donors (Lipinski definition) is 2. The summed E-state index contributed by atoms with van der Waals surface area (Å²) in [6, 6.07) is 8.60. The van der Waals surface area contributed by atoms with E-state index in [4.69, 9.17) is 0 Å². The van der Waals surface area contributed by atoms with E-state index in [-0.39, 0.29) is 30.4 Å². The standard InChI is InChI=1S/C24H35N5O2.C2H6/c1-3-4-5-6-20-16-28(17-23(30)27-13-11-25-12-14-27)24(31)22-15-21(26-29(20)22)19-9-7-18(2)8-10-19;1-2/h7-10,15,20-21,25-26H,3-6,11-14,16-17H2,1-2H3;1-2H3. The number of carbonyl (C=O) groups is 2.